The number of anilines is 1. The average Bonchev–Trinajstić information content (AvgIpc) is 2.91. The summed E-state index contributed by atoms with van der Waals surface area (Å²) in [5.74, 6) is 0.893. The maximum Gasteiger partial charge on any atom is 0.260 e. The first kappa shape index (κ1) is 12.7. The Morgan fingerprint density at radius 2 is 1.95 bits per heavy atom. The van der Waals surface area contributed by atoms with Crippen LogP contribution in [0.3, 0.4) is 0 Å². The molecule has 0 atom stereocenters. The molecule has 0 amide bonds. The van der Waals surface area contributed by atoms with Crippen LogP contribution in [-0.2, 0) is 0 Å². The maximum absolute atomic E-state index is 6.04. The quantitative estimate of drug-likeness (QED) is 0.724. The molecule has 3 rings (SSSR count). The molecule has 0 aliphatic rings. The summed E-state index contributed by atoms with van der Waals surface area (Å²) in [4.78, 5) is 4.38. The summed E-state index contributed by atoms with van der Waals surface area (Å²) in [6.07, 6.45) is 0. The topological polar surface area (TPSA) is 64.9 Å². The fourth-order valence-electron chi connectivity index (χ4n) is 1.94. The molecule has 0 aliphatic carbocycles. The summed E-state index contributed by atoms with van der Waals surface area (Å²) in [7, 11) is 0. The molecule has 0 saturated carbocycles. The summed E-state index contributed by atoms with van der Waals surface area (Å²) in [5, 5.41) is 4.60. The van der Waals surface area contributed by atoms with Crippen LogP contribution in [0.1, 0.15) is 5.56 Å². The van der Waals surface area contributed by atoms with E-state index >= 15 is 0 Å². The van der Waals surface area contributed by atoms with Gasteiger partial charge in [0.1, 0.15) is 0 Å². The van der Waals surface area contributed by atoms with Gasteiger partial charge in [-0.15, -0.1) is 0 Å². The minimum Gasteiger partial charge on any atom is -0.398 e. The van der Waals surface area contributed by atoms with Gasteiger partial charge < -0.3 is 10.3 Å². The molecular formula is C15H12ClN3O. The van der Waals surface area contributed by atoms with Crippen LogP contribution >= 0.6 is 11.6 Å². The van der Waals surface area contributed by atoms with Crippen molar-refractivity contribution in [2.45, 2.75) is 6.92 Å². The van der Waals surface area contributed by atoms with Crippen molar-refractivity contribution >= 4 is 17.3 Å². The van der Waals surface area contributed by atoms with Crippen molar-refractivity contribution in [2.75, 3.05) is 5.73 Å². The van der Waals surface area contributed by atoms with Crippen molar-refractivity contribution in [3.63, 3.8) is 0 Å². The lowest BCUT2D eigenvalue weighted by molar-refractivity contribution is 0.432. The van der Waals surface area contributed by atoms with Crippen molar-refractivity contribution in [3.8, 4) is 22.8 Å². The van der Waals surface area contributed by atoms with E-state index in [0.29, 0.717) is 22.4 Å². The molecule has 3 aromatic rings. The number of hydrogen-bond donors (Lipinski definition) is 1. The zero-order chi connectivity index (χ0) is 14.1. The second kappa shape index (κ2) is 4.98. The zero-order valence-electron chi connectivity index (χ0n) is 10.8. The molecule has 0 saturated heterocycles. The van der Waals surface area contributed by atoms with Crippen LogP contribution in [-0.4, -0.2) is 10.1 Å². The van der Waals surface area contributed by atoms with E-state index in [1.807, 2.05) is 37.3 Å². The number of rotatable bonds is 2. The number of nitrogens with two attached hydrogens (primary N) is 1. The Balaban J connectivity index is 2.04. The number of benzene rings is 2. The predicted molar refractivity (Wildman–Crippen MR) is 79.3 cm³/mol. The van der Waals surface area contributed by atoms with Gasteiger partial charge in [-0.3, -0.25) is 0 Å². The number of para-hydroxylation sites is 1. The number of nitrogen functional groups attached to an aromatic ring is 1. The summed E-state index contributed by atoms with van der Waals surface area (Å²) in [6, 6.07) is 13.0. The highest BCUT2D eigenvalue weighted by molar-refractivity contribution is 6.30. The molecule has 0 fully saturated rings. The summed E-state index contributed by atoms with van der Waals surface area (Å²) in [6.45, 7) is 1.94. The molecular weight excluding hydrogens is 274 g/mol. The second-order valence-electron chi connectivity index (χ2n) is 4.47. The molecule has 5 heteroatoms. The van der Waals surface area contributed by atoms with Gasteiger partial charge in [-0.2, -0.15) is 4.98 Å². The first-order valence-electron chi connectivity index (χ1n) is 6.10. The summed E-state index contributed by atoms with van der Waals surface area (Å²) >= 11 is 5.96. The van der Waals surface area contributed by atoms with Crippen LogP contribution in [0.25, 0.3) is 22.8 Å². The van der Waals surface area contributed by atoms with Crippen LogP contribution in [0, 0.1) is 6.92 Å². The number of halogens is 1. The van der Waals surface area contributed by atoms with E-state index < -0.39 is 0 Å². The first-order valence-corrected chi connectivity index (χ1v) is 6.48. The third kappa shape index (κ3) is 2.26. The highest BCUT2D eigenvalue weighted by atomic mass is 35.5. The number of nitrogens with zero attached hydrogens (tertiary/aromatic N) is 2. The van der Waals surface area contributed by atoms with Crippen LogP contribution in [0.4, 0.5) is 5.69 Å². The van der Waals surface area contributed by atoms with Gasteiger partial charge in [0.2, 0.25) is 5.82 Å². The van der Waals surface area contributed by atoms with Gasteiger partial charge in [0.15, 0.2) is 0 Å². The highest BCUT2D eigenvalue weighted by Gasteiger charge is 2.13. The van der Waals surface area contributed by atoms with E-state index in [1.54, 1.807) is 12.1 Å². The van der Waals surface area contributed by atoms with E-state index in [2.05, 4.69) is 10.1 Å². The Hall–Kier alpha value is -2.33. The monoisotopic (exact) mass is 285 g/mol. The first-order chi connectivity index (χ1) is 9.65. The highest BCUT2D eigenvalue weighted by Crippen LogP contribution is 2.29. The zero-order valence-corrected chi connectivity index (χ0v) is 11.6. The molecule has 4 nitrogen and oxygen atoms in total. The van der Waals surface area contributed by atoms with Gasteiger partial charge in [0.05, 0.1) is 5.56 Å². The predicted octanol–water partition coefficient (Wildman–Crippen LogP) is 3.95. The Morgan fingerprint density at radius 3 is 2.75 bits per heavy atom. The van der Waals surface area contributed by atoms with Crippen LogP contribution in [0.2, 0.25) is 5.02 Å². The van der Waals surface area contributed by atoms with Gasteiger partial charge in [-0.05, 0) is 30.7 Å². The second-order valence-corrected chi connectivity index (χ2v) is 4.91. The SMILES string of the molecule is Cc1cccc(-c2nc(-c3cccc(Cl)c3)no2)c1N. The molecule has 0 radical (unpaired) electrons. The van der Waals surface area contributed by atoms with Crippen LogP contribution in [0.15, 0.2) is 47.0 Å². The van der Waals surface area contributed by atoms with Gasteiger partial charge >= 0.3 is 0 Å². The van der Waals surface area contributed by atoms with Crippen molar-refractivity contribution in [2.24, 2.45) is 0 Å². The van der Waals surface area contributed by atoms with Crippen LogP contribution in [0.5, 0.6) is 0 Å². The standard InChI is InChI=1S/C15H12ClN3O/c1-9-4-2-7-12(13(9)17)15-18-14(19-20-15)10-5-3-6-11(16)8-10/h2-8H,17H2,1H3. The van der Waals surface area contributed by atoms with Crippen molar-refractivity contribution in [1.82, 2.24) is 10.1 Å². The maximum atomic E-state index is 6.04. The van der Waals surface area contributed by atoms with Crippen molar-refractivity contribution < 1.29 is 4.52 Å². The van der Waals surface area contributed by atoms with Crippen molar-refractivity contribution in [1.29, 1.82) is 0 Å². The van der Waals surface area contributed by atoms with Gasteiger partial charge in [0, 0.05) is 16.3 Å². The Labute approximate surface area is 121 Å². The number of aryl methyl sites for hydroxylation is 1. The largest absolute Gasteiger partial charge is 0.398 e. The normalized spacial score (nSPS) is 10.7. The Bertz CT molecular complexity index is 767. The van der Waals surface area contributed by atoms with E-state index in [0.717, 1.165) is 16.7 Å². The van der Waals surface area contributed by atoms with Crippen molar-refractivity contribution in [3.05, 3.63) is 53.1 Å². The molecule has 1 aromatic heterocycles. The molecule has 0 aliphatic heterocycles. The number of hydrogen-bond acceptors (Lipinski definition) is 4. The smallest absolute Gasteiger partial charge is 0.260 e. The Kier molecular flexibility index (Phi) is 3.16. The van der Waals surface area contributed by atoms with E-state index in [9.17, 15) is 0 Å². The minimum atomic E-state index is 0.404. The minimum absolute atomic E-state index is 0.404. The van der Waals surface area contributed by atoms with Crippen LogP contribution < -0.4 is 5.73 Å². The molecule has 2 N–H and O–H groups in total. The summed E-state index contributed by atoms with van der Waals surface area (Å²) in [5.41, 5.74) is 9.21. The van der Waals surface area contributed by atoms with E-state index in [1.165, 1.54) is 0 Å². The molecule has 100 valence electrons. The molecule has 0 spiro atoms. The lowest BCUT2D eigenvalue weighted by Crippen LogP contribution is -1.93. The fourth-order valence-corrected chi connectivity index (χ4v) is 2.14. The average molecular weight is 286 g/mol. The van der Waals surface area contributed by atoms with Gasteiger partial charge in [-0.1, -0.05) is 41.0 Å². The van der Waals surface area contributed by atoms with E-state index in [4.69, 9.17) is 21.9 Å². The lowest BCUT2D eigenvalue weighted by atomic mass is 10.1. The van der Waals surface area contributed by atoms with E-state index in [-0.39, 0.29) is 0 Å². The molecule has 0 bridgehead atoms. The molecule has 0 unspecified atom stereocenters. The fraction of sp³-hybridized carbons (Fsp3) is 0.0667. The third-order valence-corrected chi connectivity index (χ3v) is 3.30. The van der Waals surface area contributed by atoms with Gasteiger partial charge in [0.25, 0.3) is 5.89 Å². The molecule has 2 aromatic carbocycles. The molecule has 20 heavy (non-hydrogen) atoms. The lowest BCUT2D eigenvalue weighted by Gasteiger charge is -2.03. The third-order valence-electron chi connectivity index (χ3n) is 3.06. The summed E-state index contributed by atoms with van der Waals surface area (Å²) < 4.78 is 5.30. The van der Waals surface area contributed by atoms with Gasteiger partial charge in [-0.25, -0.2) is 0 Å². The Morgan fingerprint density at radius 1 is 1.15 bits per heavy atom. The number of aromatic nitrogens is 2. The molecule has 1 heterocycles.